The topological polar surface area (TPSA) is 6.48 Å². The SMILES string of the molecule is CN1CCCC2CN(CCCCS)CCC21. The van der Waals surface area contributed by atoms with Crippen LogP contribution in [0.4, 0.5) is 0 Å². The van der Waals surface area contributed by atoms with Crippen LogP contribution >= 0.6 is 12.6 Å². The van der Waals surface area contributed by atoms with Crippen LogP contribution in [-0.4, -0.2) is 54.8 Å². The summed E-state index contributed by atoms with van der Waals surface area (Å²) in [5.74, 6) is 1.99. The Morgan fingerprint density at radius 1 is 1.19 bits per heavy atom. The fourth-order valence-corrected chi connectivity index (χ4v) is 3.60. The van der Waals surface area contributed by atoms with Gasteiger partial charge in [0.25, 0.3) is 0 Å². The molecule has 0 radical (unpaired) electrons. The van der Waals surface area contributed by atoms with Crippen molar-refractivity contribution in [3.05, 3.63) is 0 Å². The molecule has 0 spiro atoms. The van der Waals surface area contributed by atoms with E-state index in [1.165, 1.54) is 58.3 Å². The highest BCUT2D eigenvalue weighted by atomic mass is 32.1. The summed E-state index contributed by atoms with van der Waals surface area (Å²) in [6.07, 6.45) is 6.85. The molecule has 0 bridgehead atoms. The van der Waals surface area contributed by atoms with Gasteiger partial charge in [-0.1, -0.05) is 0 Å². The van der Waals surface area contributed by atoms with Crippen molar-refractivity contribution >= 4 is 12.6 Å². The zero-order valence-electron chi connectivity index (χ0n) is 10.6. The first-order chi connectivity index (χ1) is 7.81. The van der Waals surface area contributed by atoms with Gasteiger partial charge < -0.3 is 9.80 Å². The number of hydrogen-bond donors (Lipinski definition) is 1. The number of rotatable bonds is 4. The van der Waals surface area contributed by atoms with Gasteiger partial charge in [-0.3, -0.25) is 0 Å². The molecule has 94 valence electrons. The fraction of sp³-hybridized carbons (Fsp3) is 1.00. The highest BCUT2D eigenvalue weighted by molar-refractivity contribution is 7.80. The molecule has 2 rings (SSSR count). The third kappa shape index (κ3) is 3.14. The average Bonchev–Trinajstić information content (AvgIpc) is 2.30. The van der Waals surface area contributed by atoms with Gasteiger partial charge in [0.15, 0.2) is 0 Å². The number of piperidine rings is 2. The van der Waals surface area contributed by atoms with Gasteiger partial charge in [-0.15, -0.1) is 0 Å². The molecular weight excluding hydrogens is 216 g/mol. The number of thiol groups is 1. The molecule has 0 N–H and O–H groups in total. The summed E-state index contributed by atoms with van der Waals surface area (Å²) < 4.78 is 0. The maximum atomic E-state index is 4.28. The Kier molecular flexibility index (Phi) is 4.98. The highest BCUT2D eigenvalue weighted by Crippen LogP contribution is 2.29. The van der Waals surface area contributed by atoms with E-state index in [-0.39, 0.29) is 0 Å². The van der Waals surface area contributed by atoms with Crippen molar-refractivity contribution < 1.29 is 0 Å². The van der Waals surface area contributed by atoms with E-state index in [9.17, 15) is 0 Å². The molecule has 3 heteroatoms. The minimum absolute atomic E-state index is 0.884. The smallest absolute Gasteiger partial charge is 0.0145 e. The van der Waals surface area contributed by atoms with Crippen molar-refractivity contribution in [3.8, 4) is 0 Å². The van der Waals surface area contributed by atoms with Crippen LogP contribution in [0, 0.1) is 5.92 Å². The molecule has 0 saturated carbocycles. The van der Waals surface area contributed by atoms with E-state index in [4.69, 9.17) is 0 Å². The van der Waals surface area contributed by atoms with E-state index in [0.717, 1.165) is 17.7 Å². The van der Waals surface area contributed by atoms with E-state index in [2.05, 4.69) is 29.5 Å². The Morgan fingerprint density at radius 3 is 2.88 bits per heavy atom. The maximum Gasteiger partial charge on any atom is 0.0145 e. The second-order valence-electron chi connectivity index (χ2n) is 5.47. The van der Waals surface area contributed by atoms with Crippen molar-refractivity contribution in [2.45, 2.75) is 38.1 Å². The average molecular weight is 242 g/mol. The van der Waals surface area contributed by atoms with E-state index < -0.39 is 0 Å². The summed E-state index contributed by atoms with van der Waals surface area (Å²) in [6.45, 7) is 5.29. The minimum Gasteiger partial charge on any atom is -0.303 e. The lowest BCUT2D eigenvalue weighted by Gasteiger charge is -2.46. The van der Waals surface area contributed by atoms with E-state index in [1.807, 2.05) is 0 Å². The standard InChI is InChI=1S/C13H26N2S/c1-14-7-4-5-12-11-15(8-2-3-10-16)9-6-13(12)14/h12-13,16H,2-11H2,1H3. The highest BCUT2D eigenvalue weighted by Gasteiger charge is 2.33. The summed E-state index contributed by atoms with van der Waals surface area (Å²) >= 11 is 4.28. The summed E-state index contributed by atoms with van der Waals surface area (Å²) in [5, 5.41) is 0. The molecule has 2 saturated heterocycles. The third-order valence-corrected chi connectivity index (χ3v) is 4.63. The van der Waals surface area contributed by atoms with Gasteiger partial charge in [0.2, 0.25) is 0 Å². The number of nitrogens with zero attached hydrogens (tertiary/aromatic N) is 2. The quantitative estimate of drug-likeness (QED) is 0.596. The fourth-order valence-electron chi connectivity index (χ4n) is 3.38. The molecule has 2 heterocycles. The predicted octanol–water partition coefficient (Wildman–Crippen LogP) is 2.11. The van der Waals surface area contributed by atoms with E-state index in [0.29, 0.717) is 0 Å². The van der Waals surface area contributed by atoms with Gasteiger partial charge in [-0.05, 0) is 70.5 Å². The molecule has 0 aliphatic carbocycles. The van der Waals surface area contributed by atoms with Gasteiger partial charge in [-0.2, -0.15) is 12.6 Å². The largest absolute Gasteiger partial charge is 0.303 e. The maximum absolute atomic E-state index is 4.28. The number of hydrogen-bond acceptors (Lipinski definition) is 3. The molecule has 2 fully saturated rings. The normalized spacial score (nSPS) is 32.6. The lowest BCUT2D eigenvalue weighted by Crippen LogP contribution is -2.52. The first-order valence-corrected chi connectivity index (χ1v) is 7.48. The Hall–Kier alpha value is 0.270. The predicted molar refractivity (Wildman–Crippen MR) is 73.3 cm³/mol. The van der Waals surface area contributed by atoms with Crippen LogP contribution in [0.3, 0.4) is 0 Å². The summed E-state index contributed by atoms with van der Waals surface area (Å²) in [7, 11) is 2.31. The Balaban J connectivity index is 1.76. The first-order valence-electron chi connectivity index (χ1n) is 6.84. The van der Waals surface area contributed by atoms with Crippen LogP contribution < -0.4 is 0 Å². The lowest BCUT2D eigenvalue weighted by molar-refractivity contribution is 0.0382. The van der Waals surface area contributed by atoms with Gasteiger partial charge >= 0.3 is 0 Å². The zero-order valence-corrected chi connectivity index (χ0v) is 11.5. The Labute approximate surface area is 106 Å². The van der Waals surface area contributed by atoms with E-state index >= 15 is 0 Å². The van der Waals surface area contributed by atoms with Gasteiger partial charge in [0, 0.05) is 12.6 Å². The van der Waals surface area contributed by atoms with Crippen molar-refractivity contribution in [3.63, 3.8) is 0 Å². The van der Waals surface area contributed by atoms with E-state index in [1.54, 1.807) is 0 Å². The number of likely N-dealkylation sites (tertiary alicyclic amines) is 2. The van der Waals surface area contributed by atoms with Crippen LogP contribution in [0.5, 0.6) is 0 Å². The monoisotopic (exact) mass is 242 g/mol. The Morgan fingerprint density at radius 2 is 2.06 bits per heavy atom. The zero-order chi connectivity index (χ0) is 11.4. The lowest BCUT2D eigenvalue weighted by atomic mass is 9.84. The molecule has 2 aliphatic heterocycles. The molecule has 2 atom stereocenters. The van der Waals surface area contributed by atoms with Crippen molar-refractivity contribution in [1.29, 1.82) is 0 Å². The van der Waals surface area contributed by atoms with Crippen LogP contribution in [-0.2, 0) is 0 Å². The molecule has 0 amide bonds. The molecule has 2 nitrogen and oxygen atoms in total. The summed E-state index contributed by atoms with van der Waals surface area (Å²) in [6, 6.07) is 0.884. The Bertz CT molecular complexity index is 210. The van der Waals surface area contributed by atoms with Crippen LogP contribution in [0.15, 0.2) is 0 Å². The summed E-state index contributed by atoms with van der Waals surface area (Å²) in [4.78, 5) is 5.28. The van der Waals surface area contributed by atoms with Crippen LogP contribution in [0.25, 0.3) is 0 Å². The minimum atomic E-state index is 0.884. The van der Waals surface area contributed by atoms with Crippen LogP contribution in [0.1, 0.15) is 32.1 Å². The first kappa shape index (κ1) is 12.7. The van der Waals surface area contributed by atoms with Gasteiger partial charge in [0.1, 0.15) is 0 Å². The molecular formula is C13H26N2S. The summed E-state index contributed by atoms with van der Waals surface area (Å²) in [5.41, 5.74) is 0. The number of unbranched alkanes of at least 4 members (excludes halogenated alkanes) is 1. The second-order valence-corrected chi connectivity index (χ2v) is 5.92. The van der Waals surface area contributed by atoms with Crippen molar-refractivity contribution in [2.24, 2.45) is 5.92 Å². The van der Waals surface area contributed by atoms with Gasteiger partial charge in [-0.25, -0.2) is 0 Å². The van der Waals surface area contributed by atoms with Crippen LogP contribution in [0.2, 0.25) is 0 Å². The molecule has 2 unspecified atom stereocenters. The molecule has 0 aromatic carbocycles. The molecule has 0 aromatic heterocycles. The second kappa shape index (κ2) is 6.27. The molecule has 2 aliphatic rings. The molecule has 16 heavy (non-hydrogen) atoms. The third-order valence-electron chi connectivity index (χ3n) is 4.31. The molecule has 0 aromatic rings. The number of fused-ring (bicyclic) bond motifs is 1. The van der Waals surface area contributed by atoms with Crippen molar-refractivity contribution in [2.75, 3.05) is 39.0 Å². The van der Waals surface area contributed by atoms with Crippen molar-refractivity contribution in [1.82, 2.24) is 9.80 Å². The van der Waals surface area contributed by atoms with Gasteiger partial charge in [0.05, 0.1) is 0 Å².